The van der Waals surface area contributed by atoms with Crippen molar-refractivity contribution in [2.75, 3.05) is 6.61 Å². The topological polar surface area (TPSA) is 46.5 Å². The highest BCUT2D eigenvalue weighted by atomic mass is 16.5. The molecule has 3 heteroatoms. The fraction of sp³-hybridized carbons (Fsp3) is 0.900. The number of hydrogen-bond donors (Lipinski definition) is 1. The summed E-state index contributed by atoms with van der Waals surface area (Å²) in [5.74, 6) is -0.308. The highest BCUT2D eigenvalue weighted by Crippen LogP contribution is 2.33. The first kappa shape index (κ1) is 10.5. The molecular formula is C10H18O3. The summed E-state index contributed by atoms with van der Waals surface area (Å²) in [5, 5.41) is 8.95. The van der Waals surface area contributed by atoms with Gasteiger partial charge in [-0.05, 0) is 39.5 Å². The van der Waals surface area contributed by atoms with Gasteiger partial charge >= 0.3 is 5.97 Å². The van der Waals surface area contributed by atoms with Gasteiger partial charge in [-0.25, -0.2) is 0 Å². The molecule has 2 atom stereocenters. The zero-order valence-electron chi connectivity index (χ0n) is 8.54. The van der Waals surface area contributed by atoms with Crippen molar-refractivity contribution in [2.45, 2.75) is 39.7 Å². The Morgan fingerprint density at radius 2 is 2.23 bits per heavy atom. The Morgan fingerprint density at radius 1 is 1.62 bits per heavy atom. The van der Waals surface area contributed by atoms with Crippen LogP contribution in [0.25, 0.3) is 0 Å². The second-order valence-corrected chi connectivity index (χ2v) is 4.52. The van der Waals surface area contributed by atoms with Crippen LogP contribution in [-0.4, -0.2) is 23.8 Å². The third-order valence-corrected chi connectivity index (χ3v) is 2.88. The molecule has 0 amide bonds. The molecule has 2 unspecified atom stereocenters. The largest absolute Gasteiger partial charge is 0.481 e. The average molecular weight is 186 g/mol. The van der Waals surface area contributed by atoms with Gasteiger partial charge in [0, 0.05) is 6.61 Å². The molecule has 3 nitrogen and oxygen atoms in total. The van der Waals surface area contributed by atoms with Gasteiger partial charge in [0.2, 0.25) is 0 Å². The van der Waals surface area contributed by atoms with Crippen LogP contribution in [0, 0.1) is 11.3 Å². The lowest BCUT2D eigenvalue weighted by molar-refractivity contribution is -0.148. The minimum atomic E-state index is -0.716. The van der Waals surface area contributed by atoms with Gasteiger partial charge in [-0.15, -0.1) is 0 Å². The molecule has 0 aromatic carbocycles. The van der Waals surface area contributed by atoms with Crippen LogP contribution in [0.3, 0.4) is 0 Å². The number of ether oxygens (including phenoxy) is 1. The number of carbonyl (C=O) groups is 1. The third-order valence-electron chi connectivity index (χ3n) is 2.88. The average Bonchev–Trinajstić information content (AvgIpc) is 2.35. The predicted octanol–water partition coefficient (Wildman–Crippen LogP) is 1.91. The monoisotopic (exact) mass is 186 g/mol. The maximum atomic E-state index is 10.9. The van der Waals surface area contributed by atoms with E-state index in [1.165, 1.54) is 0 Å². The molecule has 0 bridgehead atoms. The minimum Gasteiger partial charge on any atom is -0.481 e. The van der Waals surface area contributed by atoms with E-state index in [4.69, 9.17) is 9.84 Å². The Bertz CT molecular complexity index is 198. The Balaban J connectivity index is 2.52. The Kier molecular flexibility index (Phi) is 2.96. The SMILES string of the molecule is CC1OCCC1CC(C)(C)C(=O)O. The van der Waals surface area contributed by atoms with Gasteiger partial charge in [-0.2, -0.15) is 0 Å². The van der Waals surface area contributed by atoms with Crippen molar-refractivity contribution >= 4 is 5.97 Å². The molecule has 0 aromatic rings. The van der Waals surface area contributed by atoms with E-state index in [9.17, 15) is 4.79 Å². The molecule has 1 fully saturated rings. The molecule has 0 aromatic heterocycles. The predicted molar refractivity (Wildman–Crippen MR) is 49.6 cm³/mol. The molecular weight excluding hydrogens is 168 g/mol. The highest BCUT2D eigenvalue weighted by Gasteiger charge is 2.35. The standard InChI is InChI=1S/C10H18O3/c1-7-8(4-5-13-7)6-10(2,3)9(11)12/h7-8H,4-6H2,1-3H3,(H,11,12). The van der Waals surface area contributed by atoms with E-state index in [1.54, 1.807) is 13.8 Å². The molecule has 1 N–H and O–H groups in total. The smallest absolute Gasteiger partial charge is 0.309 e. The first-order valence-corrected chi connectivity index (χ1v) is 4.78. The fourth-order valence-electron chi connectivity index (χ4n) is 1.79. The number of hydrogen-bond acceptors (Lipinski definition) is 2. The lowest BCUT2D eigenvalue weighted by Gasteiger charge is -2.24. The lowest BCUT2D eigenvalue weighted by atomic mass is 9.80. The summed E-state index contributed by atoms with van der Waals surface area (Å²) in [5.41, 5.74) is -0.618. The Morgan fingerprint density at radius 3 is 2.62 bits per heavy atom. The van der Waals surface area contributed by atoms with E-state index in [-0.39, 0.29) is 6.10 Å². The van der Waals surface area contributed by atoms with E-state index in [0.29, 0.717) is 12.3 Å². The molecule has 1 saturated heterocycles. The second kappa shape index (κ2) is 3.66. The summed E-state index contributed by atoms with van der Waals surface area (Å²) in [6, 6.07) is 0. The van der Waals surface area contributed by atoms with Crippen LogP contribution in [0.4, 0.5) is 0 Å². The normalized spacial score (nSPS) is 29.2. The first-order valence-electron chi connectivity index (χ1n) is 4.78. The van der Waals surface area contributed by atoms with Crippen molar-refractivity contribution < 1.29 is 14.6 Å². The van der Waals surface area contributed by atoms with Crippen LogP contribution in [0.1, 0.15) is 33.6 Å². The van der Waals surface area contributed by atoms with Gasteiger partial charge in [0.1, 0.15) is 0 Å². The van der Waals surface area contributed by atoms with Gasteiger partial charge in [-0.1, -0.05) is 0 Å². The van der Waals surface area contributed by atoms with E-state index in [1.807, 2.05) is 6.92 Å². The molecule has 0 spiro atoms. The second-order valence-electron chi connectivity index (χ2n) is 4.52. The number of aliphatic carboxylic acids is 1. The van der Waals surface area contributed by atoms with Crippen LogP contribution in [0.15, 0.2) is 0 Å². The van der Waals surface area contributed by atoms with Crippen LogP contribution >= 0.6 is 0 Å². The summed E-state index contributed by atoms with van der Waals surface area (Å²) < 4.78 is 5.40. The van der Waals surface area contributed by atoms with Gasteiger partial charge in [0.25, 0.3) is 0 Å². The minimum absolute atomic E-state index is 0.221. The Hall–Kier alpha value is -0.570. The summed E-state index contributed by atoms with van der Waals surface area (Å²) in [7, 11) is 0. The molecule has 1 aliphatic heterocycles. The van der Waals surface area contributed by atoms with Crippen LogP contribution in [0.5, 0.6) is 0 Å². The van der Waals surface area contributed by atoms with Crippen molar-refractivity contribution in [3.63, 3.8) is 0 Å². The van der Waals surface area contributed by atoms with Gasteiger partial charge < -0.3 is 9.84 Å². The number of carboxylic acids is 1. The fourth-order valence-corrected chi connectivity index (χ4v) is 1.79. The van der Waals surface area contributed by atoms with Gasteiger partial charge in [-0.3, -0.25) is 4.79 Å². The highest BCUT2D eigenvalue weighted by molar-refractivity contribution is 5.73. The maximum absolute atomic E-state index is 10.9. The summed E-state index contributed by atoms with van der Waals surface area (Å²) in [6.45, 7) is 6.36. The van der Waals surface area contributed by atoms with Crippen molar-refractivity contribution in [1.29, 1.82) is 0 Å². The summed E-state index contributed by atoms with van der Waals surface area (Å²) in [4.78, 5) is 10.9. The van der Waals surface area contributed by atoms with Crippen molar-refractivity contribution in [3.8, 4) is 0 Å². The molecule has 1 heterocycles. The van der Waals surface area contributed by atoms with Crippen LogP contribution < -0.4 is 0 Å². The van der Waals surface area contributed by atoms with Crippen LogP contribution in [-0.2, 0) is 9.53 Å². The van der Waals surface area contributed by atoms with Crippen molar-refractivity contribution in [2.24, 2.45) is 11.3 Å². The maximum Gasteiger partial charge on any atom is 0.309 e. The summed E-state index contributed by atoms with van der Waals surface area (Å²) >= 11 is 0. The van der Waals surface area contributed by atoms with E-state index in [0.717, 1.165) is 13.0 Å². The molecule has 1 aliphatic rings. The van der Waals surface area contributed by atoms with Crippen molar-refractivity contribution in [3.05, 3.63) is 0 Å². The molecule has 76 valence electrons. The zero-order chi connectivity index (χ0) is 10.1. The van der Waals surface area contributed by atoms with Crippen molar-refractivity contribution in [1.82, 2.24) is 0 Å². The van der Waals surface area contributed by atoms with E-state index in [2.05, 4.69) is 0 Å². The van der Waals surface area contributed by atoms with Crippen LogP contribution in [0.2, 0.25) is 0 Å². The third kappa shape index (κ3) is 2.44. The molecule has 0 aliphatic carbocycles. The zero-order valence-corrected chi connectivity index (χ0v) is 8.54. The van der Waals surface area contributed by atoms with Gasteiger partial charge in [0.15, 0.2) is 0 Å². The number of carboxylic acid groups (broad SMARTS) is 1. The lowest BCUT2D eigenvalue weighted by Crippen LogP contribution is -2.28. The first-order chi connectivity index (χ1) is 5.93. The van der Waals surface area contributed by atoms with E-state index < -0.39 is 11.4 Å². The van der Waals surface area contributed by atoms with E-state index >= 15 is 0 Å². The molecule has 0 radical (unpaired) electrons. The molecule has 13 heavy (non-hydrogen) atoms. The quantitative estimate of drug-likeness (QED) is 0.732. The summed E-state index contributed by atoms with van der Waals surface area (Å²) in [6.07, 6.45) is 1.93. The number of rotatable bonds is 3. The molecule has 1 rings (SSSR count). The van der Waals surface area contributed by atoms with Gasteiger partial charge in [0.05, 0.1) is 11.5 Å². The Labute approximate surface area is 79.1 Å². The molecule has 0 saturated carbocycles.